The topological polar surface area (TPSA) is 40.5 Å². The van der Waals surface area contributed by atoms with E-state index in [1.807, 2.05) is 11.9 Å². The molecule has 0 radical (unpaired) electrons. The van der Waals surface area contributed by atoms with Crippen LogP contribution in [0.15, 0.2) is 18.2 Å². The minimum atomic E-state index is -0.789. The van der Waals surface area contributed by atoms with Gasteiger partial charge >= 0.3 is 5.97 Å². The van der Waals surface area contributed by atoms with Crippen molar-refractivity contribution in [1.29, 1.82) is 0 Å². The van der Waals surface area contributed by atoms with Crippen molar-refractivity contribution in [3.05, 3.63) is 34.6 Å². The summed E-state index contributed by atoms with van der Waals surface area (Å²) in [7, 11) is 1.89. The second-order valence-corrected chi connectivity index (χ2v) is 4.39. The number of hydrogen-bond acceptors (Lipinski definition) is 2. The first kappa shape index (κ1) is 13.9. The van der Waals surface area contributed by atoms with Crippen LogP contribution in [0.3, 0.4) is 0 Å². The number of nitrogens with zero attached hydrogens (tertiary/aromatic N) is 1. The molecule has 0 amide bonds. The second kappa shape index (κ2) is 6.57. The number of halogens is 2. The van der Waals surface area contributed by atoms with Crippen molar-refractivity contribution >= 4 is 17.6 Å². The molecule has 0 saturated heterocycles. The molecular formula is C12H15ClFNO2. The van der Waals surface area contributed by atoms with Gasteiger partial charge in [-0.05, 0) is 37.7 Å². The largest absolute Gasteiger partial charge is 0.481 e. The Balaban J connectivity index is 2.42. The van der Waals surface area contributed by atoms with Crippen molar-refractivity contribution in [2.75, 3.05) is 13.6 Å². The third kappa shape index (κ3) is 5.15. The third-order valence-corrected chi connectivity index (χ3v) is 2.66. The van der Waals surface area contributed by atoms with Crippen molar-refractivity contribution in [3.8, 4) is 0 Å². The molecule has 0 fully saturated rings. The normalized spacial score (nSPS) is 10.8. The lowest BCUT2D eigenvalue weighted by Gasteiger charge is -2.16. The van der Waals surface area contributed by atoms with Gasteiger partial charge < -0.3 is 10.0 Å². The van der Waals surface area contributed by atoms with Gasteiger partial charge in [-0.25, -0.2) is 4.39 Å². The summed E-state index contributed by atoms with van der Waals surface area (Å²) in [6.07, 6.45) is 0.759. The van der Waals surface area contributed by atoms with E-state index in [1.54, 1.807) is 12.1 Å². The first-order valence-electron chi connectivity index (χ1n) is 5.33. The molecule has 0 heterocycles. The Hall–Kier alpha value is -1.13. The Labute approximate surface area is 105 Å². The highest BCUT2D eigenvalue weighted by Gasteiger charge is 2.05. The SMILES string of the molecule is CN(CCCC(=O)O)Cc1ccc(F)c(Cl)c1. The Morgan fingerprint density at radius 3 is 2.82 bits per heavy atom. The van der Waals surface area contributed by atoms with Gasteiger partial charge in [-0.15, -0.1) is 0 Å². The van der Waals surface area contributed by atoms with Gasteiger partial charge in [0.05, 0.1) is 5.02 Å². The summed E-state index contributed by atoms with van der Waals surface area (Å²) in [4.78, 5) is 12.3. The van der Waals surface area contributed by atoms with E-state index in [2.05, 4.69) is 0 Å². The average molecular weight is 260 g/mol. The summed E-state index contributed by atoms with van der Waals surface area (Å²) in [5.41, 5.74) is 0.911. The molecule has 94 valence electrons. The fourth-order valence-electron chi connectivity index (χ4n) is 1.53. The first-order chi connectivity index (χ1) is 7.99. The molecule has 17 heavy (non-hydrogen) atoms. The van der Waals surface area contributed by atoms with Crippen LogP contribution in [0.25, 0.3) is 0 Å². The van der Waals surface area contributed by atoms with Gasteiger partial charge in [0.1, 0.15) is 5.82 Å². The third-order valence-electron chi connectivity index (χ3n) is 2.37. The summed E-state index contributed by atoms with van der Waals surface area (Å²) in [5.74, 6) is -1.22. The maximum atomic E-state index is 12.9. The predicted octanol–water partition coefficient (Wildman–Crippen LogP) is 2.78. The minimum absolute atomic E-state index is 0.112. The molecule has 3 nitrogen and oxygen atoms in total. The van der Waals surface area contributed by atoms with Gasteiger partial charge in [0, 0.05) is 13.0 Å². The second-order valence-electron chi connectivity index (χ2n) is 3.98. The van der Waals surface area contributed by atoms with Crippen LogP contribution in [-0.2, 0) is 11.3 Å². The Morgan fingerprint density at radius 1 is 1.53 bits per heavy atom. The zero-order valence-electron chi connectivity index (χ0n) is 9.62. The summed E-state index contributed by atoms with van der Waals surface area (Å²) in [6.45, 7) is 1.31. The summed E-state index contributed by atoms with van der Waals surface area (Å²) in [6, 6.07) is 4.60. The van der Waals surface area contributed by atoms with Crippen LogP contribution in [0.5, 0.6) is 0 Å². The Bertz CT molecular complexity index is 398. The van der Waals surface area contributed by atoms with E-state index in [0.29, 0.717) is 19.5 Å². The number of benzene rings is 1. The van der Waals surface area contributed by atoms with Gasteiger partial charge in [0.15, 0.2) is 0 Å². The summed E-state index contributed by atoms with van der Waals surface area (Å²) in [5, 5.41) is 8.62. The molecule has 0 atom stereocenters. The number of carboxylic acid groups (broad SMARTS) is 1. The highest BCUT2D eigenvalue weighted by Crippen LogP contribution is 2.16. The fourth-order valence-corrected chi connectivity index (χ4v) is 1.73. The number of aliphatic carboxylic acids is 1. The van der Waals surface area contributed by atoms with Gasteiger partial charge in [0.2, 0.25) is 0 Å². The molecule has 0 aliphatic rings. The fraction of sp³-hybridized carbons (Fsp3) is 0.417. The van der Waals surface area contributed by atoms with E-state index >= 15 is 0 Å². The van der Waals surface area contributed by atoms with Crippen LogP contribution in [0.2, 0.25) is 5.02 Å². The quantitative estimate of drug-likeness (QED) is 0.854. The molecule has 0 unspecified atom stereocenters. The van der Waals surface area contributed by atoms with Crippen LogP contribution in [-0.4, -0.2) is 29.6 Å². The molecule has 0 aromatic heterocycles. The van der Waals surface area contributed by atoms with Gasteiger partial charge in [-0.2, -0.15) is 0 Å². The molecule has 0 bridgehead atoms. The van der Waals surface area contributed by atoms with Crippen LogP contribution >= 0.6 is 11.6 Å². The van der Waals surface area contributed by atoms with E-state index in [-0.39, 0.29) is 11.4 Å². The van der Waals surface area contributed by atoms with E-state index in [1.165, 1.54) is 6.07 Å². The molecule has 1 N–H and O–H groups in total. The summed E-state index contributed by atoms with van der Waals surface area (Å²) >= 11 is 5.67. The van der Waals surface area contributed by atoms with Gasteiger partial charge in [0.25, 0.3) is 0 Å². The molecule has 1 aromatic carbocycles. The number of hydrogen-bond donors (Lipinski definition) is 1. The lowest BCUT2D eigenvalue weighted by Crippen LogP contribution is -2.19. The highest BCUT2D eigenvalue weighted by atomic mass is 35.5. The van der Waals surface area contributed by atoms with E-state index in [9.17, 15) is 9.18 Å². The Kier molecular flexibility index (Phi) is 5.38. The van der Waals surface area contributed by atoms with Crippen molar-refractivity contribution in [2.24, 2.45) is 0 Å². The summed E-state index contributed by atoms with van der Waals surface area (Å²) < 4.78 is 12.9. The van der Waals surface area contributed by atoms with Crippen LogP contribution < -0.4 is 0 Å². The zero-order chi connectivity index (χ0) is 12.8. The predicted molar refractivity (Wildman–Crippen MR) is 64.6 cm³/mol. The monoisotopic (exact) mass is 259 g/mol. The molecule has 0 aliphatic carbocycles. The molecule has 1 aromatic rings. The van der Waals surface area contributed by atoms with Crippen LogP contribution in [0.4, 0.5) is 4.39 Å². The van der Waals surface area contributed by atoms with Crippen molar-refractivity contribution in [3.63, 3.8) is 0 Å². The van der Waals surface area contributed by atoms with Crippen LogP contribution in [0.1, 0.15) is 18.4 Å². The highest BCUT2D eigenvalue weighted by molar-refractivity contribution is 6.30. The average Bonchev–Trinajstić information content (AvgIpc) is 2.23. The molecular weight excluding hydrogens is 245 g/mol. The minimum Gasteiger partial charge on any atom is -0.481 e. The maximum Gasteiger partial charge on any atom is 0.303 e. The lowest BCUT2D eigenvalue weighted by molar-refractivity contribution is -0.137. The molecule has 0 saturated carbocycles. The van der Waals surface area contributed by atoms with E-state index in [0.717, 1.165) is 5.56 Å². The van der Waals surface area contributed by atoms with Crippen LogP contribution in [0, 0.1) is 5.82 Å². The molecule has 0 spiro atoms. The van der Waals surface area contributed by atoms with E-state index < -0.39 is 11.8 Å². The maximum absolute atomic E-state index is 12.9. The molecule has 5 heteroatoms. The zero-order valence-corrected chi connectivity index (χ0v) is 10.4. The first-order valence-corrected chi connectivity index (χ1v) is 5.71. The van der Waals surface area contributed by atoms with Crippen molar-refractivity contribution in [1.82, 2.24) is 4.90 Å². The smallest absolute Gasteiger partial charge is 0.303 e. The standard InChI is InChI=1S/C12H15ClFNO2/c1-15(6-2-3-12(16)17)8-9-4-5-11(14)10(13)7-9/h4-5,7H,2-3,6,8H2,1H3,(H,16,17). The lowest BCUT2D eigenvalue weighted by atomic mass is 10.2. The van der Waals surface area contributed by atoms with Crippen molar-refractivity contribution < 1.29 is 14.3 Å². The van der Waals surface area contributed by atoms with Gasteiger partial charge in [-0.3, -0.25) is 4.79 Å². The van der Waals surface area contributed by atoms with E-state index in [4.69, 9.17) is 16.7 Å². The van der Waals surface area contributed by atoms with Gasteiger partial charge in [-0.1, -0.05) is 17.7 Å². The Morgan fingerprint density at radius 2 is 2.24 bits per heavy atom. The van der Waals surface area contributed by atoms with Crippen molar-refractivity contribution in [2.45, 2.75) is 19.4 Å². The number of rotatable bonds is 6. The molecule has 0 aliphatic heterocycles. The molecule has 1 rings (SSSR count). The number of carbonyl (C=O) groups is 1. The number of carboxylic acids is 1.